The number of halogens is 1. The van der Waals surface area contributed by atoms with Crippen LogP contribution in [0, 0.1) is 17.1 Å². The minimum absolute atomic E-state index is 0.133. The van der Waals surface area contributed by atoms with Crippen LogP contribution >= 0.6 is 0 Å². The van der Waals surface area contributed by atoms with Crippen LogP contribution in [-0.2, 0) is 6.54 Å². The van der Waals surface area contributed by atoms with Crippen molar-refractivity contribution in [2.45, 2.75) is 12.6 Å². The fraction of sp³-hybridized carbons (Fsp3) is 0.278. The van der Waals surface area contributed by atoms with Crippen LogP contribution in [0.2, 0.25) is 0 Å². The molecule has 0 aliphatic carbocycles. The zero-order chi connectivity index (χ0) is 16.7. The Morgan fingerprint density at radius 1 is 1.26 bits per heavy atom. The van der Waals surface area contributed by atoms with Gasteiger partial charge < -0.3 is 9.84 Å². The van der Waals surface area contributed by atoms with Crippen LogP contribution in [0.25, 0.3) is 0 Å². The second-order valence-electron chi connectivity index (χ2n) is 5.43. The van der Waals surface area contributed by atoms with Crippen LogP contribution in [0.5, 0.6) is 5.75 Å². The minimum atomic E-state index is -0.663. The molecule has 120 valence electrons. The molecular formula is C18H19FN2O2. The van der Waals surface area contributed by atoms with Gasteiger partial charge in [0.15, 0.2) is 0 Å². The summed E-state index contributed by atoms with van der Waals surface area (Å²) in [5.41, 5.74) is 1.63. The maximum absolute atomic E-state index is 12.8. The van der Waals surface area contributed by atoms with E-state index in [1.165, 1.54) is 24.3 Å². The van der Waals surface area contributed by atoms with Crippen molar-refractivity contribution >= 4 is 0 Å². The molecule has 0 spiro atoms. The number of hydrogen-bond acceptors (Lipinski definition) is 4. The van der Waals surface area contributed by atoms with Gasteiger partial charge in [0, 0.05) is 13.1 Å². The van der Waals surface area contributed by atoms with Crippen molar-refractivity contribution in [2.75, 3.05) is 20.2 Å². The number of nitrogens with zero attached hydrogens (tertiary/aromatic N) is 2. The van der Waals surface area contributed by atoms with Crippen molar-refractivity contribution in [1.29, 1.82) is 5.26 Å². The molecule has 1 N–H and O–H groups in total. The minimum Gasteiger partial charge on any atom is -0.491 e. The van der Waals surface area contributed by atoms with E-state index in [9.17, 15) is 9.50 Å². The Hall–Kier alpha value is -2.42. The molecule has 0 radical (unpaired) electrons. The molecule has 1 atom stereocenters. The highest BCUT2D eigenvalue weighted by Gasteiger charge is 2.10. The van der Waals surface area contributed by atoms with Crippen molar-refractivity contribution in [3.8, 4) is 11.8 Å². The van der Waals surface area contributed by atoms with Crippen LogP contribution in [-0.4, -0.2) is 36.3 Å². The number of aliphatic hydroxyl groups excluding tert-OH is 1. The summed E-state index contributed by atoms with van der Waals surface area (Å²) in [6.45, 7) is 1.19. The van der Waals surface area contributed by atoms with E-state index in [-0.39, 0.29) is 12.4 Å². The molecular weight excluding hydrogens is 295 g/mol. The molecule has 0 saturated carbocycles. The number of aliphatic hydroxyl groups is 1. The summed E-state index contributed by atoms with van der Waals surface area (Å²) in [6.07, 6.45) is -0.663. The fourth-order valence-electron chi connectivity index (χ4n) is 2.25. The average molecular weight is 314 g/mol. The molecule has 0 aromatic heterocycles. The molecule has 0 aliphatic heterocycles. The van der Waals surface area contributed by atoms with Crippen LogP contribution < -0.4 is 4.74 Å². The molecule has 4 nitrogen and oxygen atoms in total. The van der Waals surface area contributed by atoms with E-state index >= 15 is 0 Å². The van der Waals surface area contributed by atoms with Crippen molar-refractivity contribution in [3.05, 3.63) is 65.5 Å². The second kappa shape index (κ2) is 8.28. The predicted molar refractivity (Wildman–Crippen MR) is 85.4 cm³/mol. The van der Waals surface area contributed by atoms with E-state index in [0.29, 0.717) is 24.4 Å². The molecule has 0 aliphatic rings. The number of rotatable bonds is 7. The van der Waals surface area contributed by atoms with Gasteiger partial charge in [-0.1, -0.05) is 12.1 Å². The van der Waals surface area contributed by atoms with Gasteiger partial charge in [0.2, 0.25) is 0 Å². The summed E-state index contributed by atoms with van der Waals surface area (Å²) in [4.78, 5) is 1.95. The van der Waals surface area contributed by atoms with Crippen LogP contribution in [0.3, 0.4) is 0 Å². The number of hydrogen-bond donors (Lipinski definition) is 1. The smallest absolute Gasteiger partial charge is 0.123 e. The molecule has 0 saturated heterocycles. The predicted octanol–water partition coefficient (Wildman–Crippen LogP) is 2.57. The third-order valence-electron chi connectivity index (χ3n) is 3.29. The molecule has 5 heteroatoms. The largest absolute Gasteiger partial charge is 0.491 e. The lowest BCUT2D eigenvalue weighted by molar-refractivity contribution is 0.0743. The van der Waals surface area contributed by atoms with E-state index in [4.69, 9.17) is 10.00 Å². The van der Waals surface area contributed by atoms with Gasteiger partial charge in [-0.15, -0.1) is 0 Å². The Morgan fingerprint density at radius 3 is 2.70 bits per heavy atom. The molecule has 2 rings (SSSR count). The summed E-state index contributed by atoms with van der Waals surface area (Å²) in [5.74, 6) is 0.201. The van der Waals surface area contributed by atoms with Crippen LogP contribution in [0.15, 0.2) is 48.5 Å². The second-order valence-corrected chi connectivity index (χ2v) is 5.43. The van der Waals surface area contributed by atoms with Crippen LogP contribution in [0.1, 0.15) is 11.1 Å². The van der Waals surface area contributed by atoms with E-state index in [2.05, 4.69) is 6.07 Å². The maximum atomic E-state index is 12.8. The van der Waals surface area contributed by atoms with Gasteiger partial charge in [-0.25, -0.2) is 4.39 Å². The first-order chi connectivity index (χ1) is 11.1. The Morgan fingerprint density at radius 2 is 2.00 bits per heavy atom. The fourth-order valence-corrected chi connectivity index (χ4v) is 2.25. The third-order valence-corrected chi connectivity index (χ3v) is 3.29. The van der Waals surface area contributed by atoms with Gasteiger partial charge in [-0.3, -0.25) is 4.90 Å². The molecule has 23 heavy (non-hydrogen) atoms. The lowest BCUT2D eigenvalue weighted by Crippen LogP contribution is -2.32. The van der Waals surface area contributed by atoms with Gasteiger partial charge in [0.25, 0.3) is 0 Å². The third kappa shape index (κ3) is 5.70. The van der Waals surface area contributed by atoms with Gasteiger partial charge in [0.05, 0.1) is 11.6 Å². The van der Waals surface area contributed by atoms with E-state index in [0.717, 1.165) is 5.56 Å². The summed E-state index contributed by atoms with van der Waals surface area (Å²) in [6, 6.07) is 15.2. The zero-order valence-electron chi connectivity index (χ0n) is 12.9. The first-order valence-corrected chi connectivity index (χ1v) is 7.31. The number of benzene rings is 2. The molecule has 1 unspecified atom stereocenters. The highest BCUT2D eigenvalue weighted by molar-refractivity contribution is 5.32. The molecule has 2 aromatic carbocycles. The first-order valence-electron chi connectivity index (χ1n) is 7.31. The topological polar surface area (TPSA) is 56.5 Å². The van der Waals surface area contributed by atoms with Crippen molar-refractivity contribution in [2.24, 2.45) is 0 Å². The lowest BCUT2D eigenvalue weighted by atomic mass is 10.1. The Bertz CT molecular complexity index is 667. The highest BCUT2D eigenvalue weighted by Crippen LogP contribution is 2.12. The maximum Gasteiger partial charge on any atom is 0.123 e. The molecule has 0 bridgehead atoms. The Kier molecular flexibility index (Phi) is 6.10. The SMILES string of the molecule is CN(Cc1cccc(C#N)c1)CC(O)COc1ccc(F)cc1. The van der Waals surface area contributed by atoms with Crippen molar-refractivity contribution in [1.82, 2.24) is 4.90 Å². The average Bonchev–Trinajstić information content (AvgIpc) is 2.54. The molecule has 0 amide bonds. The summed E-state index contributed by atoms with van der Waals surface area (Å²) >= 11 is 0. The van der Waals surface area contributed by atoms with E-state index in [1.54, 1.807) is 6.07 Å². The van der Waals surface area contributed by atoms with Crippen LogP contribution in [0.4, 0.5) is 4.39 Å². The summed E-state index contributed by atoms with van der Waals surface area (Å²) in [5, 5.41) is 18.9. The van der Waals surface area contributed by atoms with Crippen molar-refractivity contribution in [3.63, 3.8) is 0 Å². The zero-order valence-corrected chi connectivity index (χ0v) is 12.9. The van der Waals surface area contributed by atoms with E-state index < -0.39 is 6.10 Å². The first kappa shape index (κ1) is 16.9. The van der Waals surface area contributed by atoms with Gasteiger partial charge in [0.1, 0.15) is 24.3 Å². The monoisotopic (exact) mass is 314 g/mol. The molecule has 2 aromatic rings. The summed E-state index contributed by atoms with van der Waals surface area (Å²) in [7, 11) is 1.89. The quantitative estimate of drug-likeness (QED) is 0.853. The number of likely N-dealkylation sites (N-methyl/N-ethyl adjacent to an activating group) is 1. The normalized spacial score (nSPS) is 12.0. The van der Waals surface area contributed by atoms with E-state index in [1.807, 2.05) is 30.1 Å². The van der Waals surface area contributed by atoms with Gasteiger partial charge >= 0.3 is 0 Å². The highest BCUT2D eigenvalue weighted by atomic mass is 19.1. The van der Waals surface area contributed by atoms with Gasteiger partial charge in [-0.2, -0.15) is 5.26 Å². The lowest BCUT2D eigenvalue weighted by Gasteiger charge is -2.21. The Labute approximate surface area is 135 Å². The van der Waals surface area contributed by atoms with Crippen molar-refractivity contribution < 1.29 is 14.2 Å². The Balaban J connectivity index is 1.78. The molecule has 0 heterocycles. The molecule has 0 fully saturated rings. The standard InChI is InChI=1S/C18H19FN2O2/c1-21(11-15-4-2-3-14(9-15)10-20)12-17(22)13-23-18-7-5-16(19)6-8-18/h2-9,17,22H,11-13H2,1H3. The van der Waals surface area contributed by atoms with Gasteiger partial charge in [-0.05, 0) is 49.0 Å². The number of nitriles is 1. The number of ether oxygens (including phenoxy) is 1. The summed E-state index contributed by atoms with van der Waals surface area (Å²) < 4.78 is 18.2.